The molecule has 1 aromatic carbocycles. The number of benzene rings is 1. The number of piperidine rings is 2. The highest BCUT2D eigenvalue weighted by atomic mass is 16.2. The van der Waals surface area contributed by atoms with Crippen molar-refractivity contribution in [3.8, 4) is 0 Å². The minimum atomic E-state index is 0.204. The van der Waals surface area contributed by atoms with Crippen LogP contribution in [0.5, 0.6) is 0 Å². The van der Waals surface area contributed by atoms with E-state index in [2.05, 4.69) is 30.9 Å². The lowest BCUT2D eigenvalue weighted by molar-refractivity contribution is 0.0697. The summed E-state index contributed by atoms with van der Waals surface area (Å²) in [5, 5.41) is 0. The van der Waals surface area contributed by atoms with Crippen molar-refractivity contribution in [1.29, 1.82) is 0 Å². The van der Waals surface area contributed by atoms with Gasteiger partial charge in [-0.2, -0.15) is 0 Å². The first-order chi connectivity index (χ1) is 11.1. The lowest BCUT2D eigenvalue weighted by Gasteiger charge is -2.31. The zero-order valence-corrected chi connectivity index (χ0v) is 14.6. The van der Waals surface area contributed by atoms with Gasteiger partial charge in [0.15, 0.2) is 0 Å². The number of likely N-dealkylation sites (tertiary alicyclic amines) is 2. The van der Waals surface area contributed by atoms with Crippen LogP contribution >= 0.6 is 0 Å². The van der Waals surface area contributed by atoms with Gasteiger partial charge in [0.2, 0.25) is 0 Å². The topological polar surface area (TPSA) is 23.6 Å². The van der Waals surface area contributed by atoms with Gasteiger partial charge < -0.3 is 4.90 Å². The van der Waals surface area contributed by atoms with Crippen molar-refractivity contribution in [2.45, 2.75) is 46.1 Å². The van der Waals surface area contributed by atoms with Crippen LogP contribution in [0.1, 0.15) is 55.5 Å². The van der Waals surface area contributed by atoms with Crippen LogP contribution in [0.2, 0.25) is 0 Å². The quantitative estimate of drug-likeness (QED) is 0.847. The third-order valence-electron chi connectivity index (χ3n) is 5.55. The molecule has 0 spiro atoms. The van der Waals surface area contributed by atoms with Crippen LogP contribution in [0.3, 0.4) is 0 Å². The minimum absolute atomic E-state index is 0.204. The van der Waals surface area contributed by atoms with E-state index in [0.717, 1.165) is 49.9 Å². The molecule has 2 heterocycles. The molecule has 3 heteroatoms. The number of hydrogen-bond acceptors (Lipinski definition) is 2. The summed E-state index contributed by atoms with van der Waals surface area (Å²) in [6.07, 6.45) is 4.89. The Morgan fingerprint density at radius 1 is 0.913 bits per heavy atom. The Morgan fingerprint density at radius 3 is 2.00 bits per heavy atom. The van der Waals surface area contributed by atoms with Gasteiger partial charge in [-0.25, -0.2) is 0 Å². The molecule has 1 amide bonds. The van der Waals surface area contributed by atoms with E-state index in [1.807, 2.05) is 17.0 Å². The summed E-state index contributed by atoms with van der Waals surface area (Å²) in [6.45, 7) is 9.86. The molecule has 0 aliphatic carbocycles. The van der Waals surface area contributed by atoms with Crippen LogP contribution < -0.4 is 0 Å². The molecule has 0 N–H and O–H groups in total. The summed E-state index contributed by atoms with van der Waals surface area (Å²) in [5.74, 6) is 1.84. The number of rotatable bonds is 3. The third kappa shape index (κ3) is 4.35. The molecule has 1 aromatic rings. The van der Waals surface area contributed by atoms with E-state index in [-0.39, 0.29) is 5.91 Å². The van der Waals surface area contributed by atoms with Crippen molar-refractivity contribution in [2.75, 3.05) is 26.2 Å². The van der Waals surface area contributed by atoms with Crippen LogP contribution in [0, 0.1) is 11.8 Å². The molecule has 3 nitrogen and oxygen atoms in total. The lowest BCUT2D eigenvalue weighted by atomic mass is 9.98. The second-order valence-corrected chi connectivity index (χ2v) is 7.63. The molecule has 2 fully saturated rings. The molecule has 0 saturated carbocycles. The van der Waals surface area contributed by atoms with Crippen LogP contribution in [0.25, 0.3) is 0 Å². The molecule has 23 heavy (non-hydrogen) atoms. The molecule has 0 bridgehead atoms. The van der Waals surface area contributed by atoms with E-state index in [9.17, 15) is 4.79 Å². The minimum Gasteiger partial charge on any atom is -0.339 e. The fraction of sp³-hybridized carbons (Fsp3) is 0.650. The maximum absolute atomic E-state index is 12.6. The van der Waals surface area contributed by atoms with Crippen molar-refractivity contribution < 1.29 is 4.79 Å². The van der Waals surface area contributed by atoms with Crippen molar-refractivity contribution in [3.63, 3.8) is 0 Å². The van der Waals surface area contributed by atoms with Gasteiger partial charge in [-0.05, 0) is 68.3 Å². The van der Waals surface area contributed by atoms with Crippen molar-refractivity contribution >= 4 is 5.91 Å². The first-order valence-electron chi connectivity index (χ1n) is 9.22. The normalized spacial score (nSPS) is 21.6. The lowest BCUT2D eigenvalue weighted by Crippen LogP contribution is -2.37. The van der Waals surface area contributed by atoms with Gasteiger partial charge in [0.05, 0.1) is 0 Å². The average molecular weight is 314 g/mol. The summed E-state index contributed by atoms with van der Waals surface area (Å²) < 4.78 is 0. The number of carbonyl (C=O) groups is 1. The zero-order valence-electron chi connectivity index (χ0n) is 14.6. The van der Waals surface area contributed by atoms with E-state index in [0.29, 0.717) is 0 Å². The zero-order chi connectivity index (χ0) is 16.2. The Labute approximate surface area is 140 Å². The molecule has 0 unspecified atom stereocenters. The van der Waals surface area contributed by atoms with Crippen LogP contribution in [-0.2, 0) is 6.54 Å². The summed E-state index contributed by atoms with van der Waals surface area (Å²) in [5.41, 5.74) is 2.17. The van der Waals surface area contributed by atoms with Crippen LogP contribution in [-0.4, -0.2) is 41.9 Å². The smallest absolute Gasteiger partial charge is 0.253 e. The molecule has 0 atom stereocenters. The predicted octanol–water partition coefficient (Wildman–Crippen LogP) is 3.79. The summed E-state index contributed by atoms with van der Waals surface area (Å²) in [4.78, 5) is 17.1. The molecule has 0 radical (unpaired) electrons. The molecule has 2 aliphatic heterocycles. The number of hydrogen-bond donors (Lipinski definition) is 0. The van der Waals surface area contributed by atoms with E-state index in [1.165, 1.54) is 31.5 Å². The molecule has 2 saturated heterocycles. The summed E-state index contributed by atoms with van der Waals surface area (Å²) in [7, 11) is 0. The second-order valence-electron chi connectivity index (χ2n) is 7.63. The first kappa shape index (κ1) is 16.5. The molecule has 3 rings (SSSR count). The highest BCUT2D eigenvalue weighted by Gasteiger charge is 2.21. The van der Waals surface area contributed by atoms with Crippen molar-refractivity contribution in [1.82, 2.24) is 9.80 Å². The van der Waals surface area contributed by atoms with Crippen LogP contribution in [0.15, 0.2) is 24.3 Å². The molecular formula is C20H30N2O. The van der Waals surface area contributed by atoms with E-state index in [1.54, 1.807) is 0 Å². The SMILES string of the molecule is CC1CCN(Cc2ccc(C(=O)N3CCC(C)CC3)cc2)CC1. The number of amides is 1. The van der Waals surface area contributed by atoms with Gasteiger partial charge in [-0.1, -0.05) is 26.0 Å². The van der Waals surface area contributed by atoms with Crippen LogP contribution in [0.4, 0.5) is 0 Å². The maximum Gasteiger partial charge on any atom is 0.253 e. The van der Waals surface area contributed by atoms with Crippen molar-refractivity contribution in [3.05, 3.63) is 35.4 Å². The Hall–Kier alpha value is -1.35. The van der Waals surface area contributed by atoms with Gasteiger partial charge in [0.25, 0.3) is 5.91 Å². The molecular weight excluding hydrogens is 284 g/mol. The van der Waals surface area contributed by atoms with Crippen molar-refractivity contribution in [2.24, 2.45) is 11.8 Å². The Balaban J connectivity index is 1.55. The monoisotopic (exact) mass is 314 g/mol. The fourth-order valence-corrected chi connectivity index (χ4v) is 3.63. The standard InChI is InChI=1S/C20H30N2O/c1-16-7-11-21(12-8-16)15-18-3-5-19(6-4-18)20(23)22-13-9-17(2)10-14-22/h3-6,16-17H,7-15H2,1-2H3. The average Bonchev–Trinajstić information content (AvgIpc) is 2.58. The highest BCUT2D eigenvalue weighted by Crippen LogP contribution is 2.20. The Kier molecular flexibility index (Phi) is 5.37. The van der Waals surface area contributed by atoms with Gasteiger partial charge in [0, 0.05) is 25.2 Å². The van der Waals surface area contributed by atoms with E-state index < -0.39 is 0 Å². The molecule has 0 aromatic heterocycles. The molecule has 126 valence electrons. The number of nitrogens with zero attached hydrogens (tertiary/aromatic N) is 2. The first-order valence-corrected chi connectivity index (χ1v) is 9.22. The maximum atomic E-state index is 12.6. The predicted molar refractivity (Wildman–Crippen MR) is 94.4 cm³/mol. The second kappa shape index (κ2) is 7.48. The van der Waals surface area contributed by atoms with Gasteiger partial charge in [-0.15, -0.1) is 0 Å². The number of carbonyl (C=O) groups excluding carboxylic acids is 1. The van der Waals surface area contributed by atoms with E-state index in [4.69, 9.17) is 0 Å². The Morgan fingerprint density at radius 2 is 1.43 bits per heavy atom. The largest absolute Gasteiger partial charge is 0.339 e. The summed E-state index contributed by atoms with van der Waals surface area (Å²) >= 11 is 0. The van der Waals surface area contributed by atoms with E-state index >= 15 is 0 Å². The third-order valence-corrected chi connectivity index (χ3v) is 5.55. The van der Waals surface area contributed by atoms with Gasteiger partial charge in [0.1, 0.15) is 0 Å². The van der Waals surface area contributed by atoms with Gasteiger partial charge >= 0.3 is 0 Å². The fourth-order valence-electron chi connectivity index (χ4n) is 3.63. The van der Waals surface area contributed by atoms with Gasteiger partial charge in [-0.3, -0.25) is 9.69 Å². The Bertz CT molecular complexity index is 509. The summed E-state index contributed by atoms with van der Waals surface area (Å²) in [6, 6.07) is 8.31. The highest BCUT2D eigenvalue weighted by molar-refractivity contribution is 5.94. The molecule has 2 aliphatic rings.